The van der Waals surface area contributed by atoms with Crippen molar-refractivity contribution in [3.63, 3.8) is 0 Å². The van der Waals surface area contributed by atoms with E-state index in [4.69, 9.17) is 11.6 Å². The van der Waals surface area contributed by atoms with Crippen LogP contribution in [0.5, 0.6) is 0 Å². The van der Waals surface area contributed by atoms with Crippen LogP contribution < -0.4 is 0 Å². The van der Waals surface area contributed by atoms with Crippen LogP contribution in [-0.2, 0) is 15.9 Å². The van der Waals surface area contributed by atoms with Crippen LogP contribution >= 0.6 is 22.9 Å². The molecule has 1 aromatic heterocycles. The van der Waals surface area contributed by atoms with E-state index in [0.29, 0.717) is 18.0 Å². The van der Waals surface area contributed by atoms with E-state index in [2.05, 4.69) is 0 Å². The maximum atomic E-state index is 12.8. The summed E-state index contributed by atoms with van der Waals surface area (Å²) in [5.41, 5.74) is 0.822. The summed E-state index contributed by atoms with van der Waals surface area (Å²) >= 11 is 7.31. The summed E-state index contributed by atoms with van der Waals surface area (Å²) in [7, 11) is -3.37. The van der Waals surface area contributed by atoms with Crippen molar-refractivity contribution in [2.75, 3.05) is 13.1 Å². The summed E-state index contributed by atoms with van der Waals surface area (Å²) in [6, 6.07) is 0. The Morgan fingerprint density at radius 3 is 2.37 bits per heavy atom. The number of hydrogen-bond donors (Lipinski definition) is 0. The number of halogens is 1. The third-order valence-electron chi connectivity index (χ3n) is 3.52. The Hall–Kier alpha value is -0.100. The zero-order valence-electron chi connectivity index (χ0n) is 11.2. The van der Waals surface area contributed by atoms with Crippen molar-refractivity contribution in [2.45, 2.75) is 49.8 Å². The van der Waals surface area contributed by atoms with Crippen LogP contribution in [0.15, 0.2) is 10.3 Å². The molecule has 2 rings (SSSR count). The lowest BCUT2D eigenvalue weighted by atomic mass is 10.1. The molecule has 1 aliphatic heterocycles. The number of alkyl halides is 1. The van der Waals surface area contributed by atoms with E-state index in [0.717, 1.165) is 36.1 Å². The van der Waals surface area contributed by atoms with Crippen molar-refractivity contribution in [3.8, 4) is 0 Å². The second kappa shape index (κ2) is 6.57. The molecule has 1 aromatic rings. The summed E-state index contributed by atoms with van der Waals surface area (Å²) in [4.78, 5) is 1.22. The molecule has 108 valence electrons. The van der Waals surface area contributed by atoms with Gasteiger partial charge < -0.3 is 0 Å². The average Bonchev–Trinajstić information content (AvgIpc) is 2.70. The molecular formula is C13H20ClNO2S2. The predicted octanol–water partition coefficient (Wildman–Crippen LogP) is 3.75. The number of aryl methyl sites for hydroxylation is 1. The largest absolute Gasteiger partial charge is 0.244 e. The average molecular weight is 322 g/mol. The quantitative estimate of drug-likeness (QED) is 0.795. The minimum atomic E-state index is -3.37. The van der Waals surface area contributed by atoms with Crippen LogP contribution in [0.25, 0.3) is 0 Å². The lowest BCUT2D eigenvalue weighted by Gasteiger charge is -2.24. The van der Waals surface area contributed by atoms with Gasteiger partial charge >= 0.3 is 0 Å². The van der Waals surface area contributed by atoms with E-state index in [-0.39, 0.29) is 5.88 Å². The smallest absolute Gasteiger partial charge is 0.207 e. The summed E-state index contributed by atoms with van der Waals surface area (Å²) in [6.45, 7) is 3.13. The molecule has 0 aromatic carbocycles. The highest BCUT2D eigenvalue weighted by Crippen LogP contribution is 2.31. The fourth-order valence-corrected chi connectivity index (χ4v) is 6.04. The molecule has 0 amide bonds. The normalized spacial score (nSPS) is 19.1. The number of thiophene rings is 1. The highest BCUT2D eigenvalue weighted by molar-refractivity contribution is 7.89. The maximum Gasteiger partial charge on any atom is 0.244 e. The maximum absolute atomic E-state index is 12.8. The Bertz CT molecular complexity index is 517. The van der Waals surface area contributed by atoms with E-state index in [1.807, 2.05) is 12.3 Å². The fraction of sp³-hybridized carbons (Fsp3) is 0.692. The molecule has 1 aliphatic rings. The first-order chi connectivity index (χ1) is 9.07. The Labute approximate surface area is 124 Å². The SMILES string of the molecule is Cc1csc(CCl)c1S(=O)(=O)N1CCCCCCC1. The first-order valence-corrected chi connectivity index (χ1v) is 9.56. The Morgan fingerprint density at radius 1 is 1.21 bits per heavy atom. The molecule has 1 fully saturated rings. The second-order valence-corrected chi connectivity index (χ2v) is 8.08. The predicted molar refractivity (Wildman–Crippen MR) is 80.5 cm³/mol. The van der Waals surface area contributed by atoms with Crippen molar-refractivity contribution in [3.05, 3.63) is 15.8 Å². The molecule has 0 N–H and O–H groups in total. The molecule has 6 heteroatoms. The van der Waals surface area contributed by atoms with Gasteiger partial charge in [-0.25, -0.2) is 8.42 Å². The first-order valence-electron chi connectivity index (χ1n) is 6.70. The van der Waals surface area contributed by atoms with Crippen LogP contribution in [0.4, 0.5) is 0 Å². The molecule has 0 bridgehead atoms. The van der Waals surface area contributed by atoms with Gasteiger partial charge in [0.1, 0.15) is 4.90 Å². The molecule has 0 aliphatic carbocycles. The molecule has 0 unspecified atom stereocenters. The zero-order chi connectivity index (χ0) is 13.9. The highest BCUT2D eigenvalue weighted by Gasteiger charge is 2.29. The van der Waals surface area contributed by atoms with E-state index in [1.165, 1.54) is 17.8 Å². The van der Waals surface area contributed by atoms with Gasteiger partial charge in [0.05, 0.1) is 5.88 Å². The fourth-order valence-electron chi connectivity index (χ4n) is 2.51. The minimum Gasteiger partial charge on any atom is -0.207 e. The molecule has 3 nitrogen and oxygen atoms in total. The summed E-state index contributed by atoms with van der Waals surface area (Å²) in [5, 5.41) is 1.88. The first kappa shape index (κ1) is 15.3. The number of hydrogen-bond acceptors (Lipinski definition) is 3. The lowest BCUT2D eigenvalue weighted by molar-refractivity contribution is 0.364. The number of sulfonamides is 1. The van der Waals surface area contributed by atoms with Gasteiger partial charge in [0, 0.05) is 18.0 Å². The summed E-state index contributed by atoms with van der Waals surface area (Å²) in [6.07, 6.45) is 5.38. The molecule has 0 atom stereocenters. The van der Waals surface area contributed by atoms with E-state index >= 15 is 0 Å². The third-order valence-corrected chi connectivity index (χ3v) is 7.31. The van der Waals surface area contributed by atoms with Crippen LogP contribution in [0.3, 0.4) is 0 Å². The van der Waals surface area contributed by atoms with E-state index in [1.54, 1.807) is 4.31 Å². The molecule has 19 heavy (non-hydrogen) atoms. The van der Waals surface area contributed by atoms with E-state index < -0.39 is 10.0 Å². The van der Waals surface area contributed by atoms with Gasteiger partial charge in [-0.3, -0.25) is 0 Å². The molecule has 0 saturated carbocycles. The molecular weight excluding hydrogens is 302 g/mol. The van der Waals surface area contributed by atoms with E-state index in [9.17, 15) is 8.42 Å². The summed E-state index contributed by atoms with van der Waals surface area (Å²) in [5.74, 6) is 0.265. The van der Waals surface area contributed by atoms with Crippen molar-refractivity contribution >= 4 is 33.0 Å². The van der Waals surface area contributed by atoms with Gasteiger partial charge in [0.15, 0.2) is 0 Å². The molecule has 0 spiro atoms. The Kier molecular flexibility index (Phi) is 5.29. The second-order valence-electron chi connectivity index (χ2n) is 4.98. The van der Waals surface area contributed by atoms with Gasteiger partial charge in [0.25, 0.3) is 0 Å². The lowest BCUT2D eigenvalue weighted by Crippen LogP contribution is -2.34. The van der Waals surface area contributed by atoms with Crippen molar-refractivity contribution in [1.82, 2.24) is 4.31 Å². The molecule has 0 radical (unpaired) electrons. The third kappa shape index (κ3) is 3.32. The Balaban J connectivity index is 2.31. The van der Waals surface area contributed by atoms with Crippen LogP contribution in [0.1, 0.15) is 42.5 Å². The Morgan fingerprint density at radius 2 is 1.79 bits per heavy atom. The molecule has 2 heterocycles. The van der Waals surface area contributed by atoms with Crippen LogP contribution in [0, 0.1) is 6.92 Å². The van der Waals surface area contributed by atoms with Crippen molar-refractivity contribution in [1.29, 1.82) is 0 Å². The standard InChI is InChI=1S/C13H20ClNO2S2/c1-11-10-18-12(9-14)13(11)19(16,17)15-7-5-3-2-4-6-8-15/h10H,2-9H2,1H3. The highest BCUT2D eigenvalue weighted by atomic mass is 35.5. The van der Waals surface area contributed by atoms with Gasteiger partial charge in [-0.1, -0.05) is 19.3 Å². The zero-order valence-corrected chi connectivity index (χ0v) is 13.6. The van der Waals surface area contributed by atoms with Crippen LogP contribution in [-0.4, -0.2) is 25.8 Å². The molecule has 1 saturated heterocycles. The van der Waals surface area contributed by atoms with Gasteiger partial charge in [-0.15, -0.1) is 22.9 Å². The number of rotatable bonds is 3. The van der Waals surface area contributed by atoms with Gasteiger partial charge in [0.2, 0.25) is 10.0 Å². The monoisotopic (exact) mass is 321 g/mol. The topological polar surface area (TPSA) is 37.4 Å². The summed E-state index contributed by atoms with van der Waals surface area (Å²) < 4.78 is 27.2. The van der Waals surface area contributed by atoms with Gasteiger partial charge in [-0.05, 0) is 30.7 Å². The minimum absolute atomic E-state index is 0.265. The van der Waals surface area contributed by atoms with Gasteiger partial charge in [-0.2, -0.15) is 4.31 Å². The van der Waals surface area contributed by atoms with Crippen molar-refractivity contribution in [2.24, 2.45) is 0 Å². The number of nitrogens with zero attached hydrogens (tertiary/aromatic N) is 1. The van der Waals surface area contributed by atoms with Crippen LogP contribution in [0.2, 0.25) is 0 Å². The van der Waals surface area contributed by atoms with Crippen molar-refractivity contribution < 1.29 is 8.42 Å².